The van der Waals surface area contributed by atoms with Crippen molar-refractivity contribution in [3.63, 3.8) is 0 Å². The lowest BCUT2D eigenvalue weighted by atomic mass is 9.99. The highest BCUT2D eigenvalue weighted by Gasteiger charge is 2.13. The number of hydrogen-bond acceptors (Lipinski definition) is 2. The zero-order valence-corrected chi connectivity index (χ0v) is 10.6. The van der Waals surface area contributed by atoms with E-state index < -0.39 is 5.97 Å². The van der Waals surface area contributed by atoms with Crippen LogP contribution in [0.3, 0.4) is 0 Å². The molecule has 2 N–H and O–H groups in total. The van der Waals surface area contributed by atoms with Gasteiger partial charge in [-0.15, -0.1) is 0 Å². The molecule has 2 heterocycles. The molecule has 20 heavy (non-hydrogen) atoms. The summed E-state index contributed by atoms with van der Waals surface area (Å²) in [4.78, 5) is 18.4. The number of aliphatic imine (C=N–C) groups is 1. The van der Waals surface area contributed by atoms with E-state index in [1.54, 1.807) is 30.5 Å². The average molecular weight is 264 g/mol. The Morgan fingerprint density at radius 3 is 2.40 bits per heavy atom. The van der Waals surface area contributed by atoms with Crippen molar-refractivity contribution in [2.75, 3.05) is 0 Å². The van der Waals surface area contributed by atoms with Crippen molar-refractivity contribution in [1.29, 1.82) is 0 Å². The molecule has 0 saturated heterocycles. The van der Waals surface area contributed by atoms with Crippen LogP contribution >= 0.6 is 0 Å². The lowest BCUT2D eigenvalue weighted by Crippen LogP contribution is -1.97. The largest absolute Gasteiger partial charge is 0.478 e. The lowest BCUT2D eigenvalue weighted by molar-refractivity contribution is 0.0697. The summed E-state index contributed by atoms with van der Waals surface area (Å²) in [6, 6.07) is 10.7. The van der Waals surface area contributed by atoms with E-state index in [0.29, 0.717) is 0 Å². The Morgan fingerprint density at radius 2 is 1.85 bits per heavy atom. The highest BCUT2D eigenvalue weighted by atomic mass is 16.4. The van der Waals surface area contributed by atoms with Gasteiger partial charge < -0.3 is 10.1 Å². The highest BCUT2D eigenvalue weighted by Crippen LogP contribution is 2.28. The van der Waals surface area contributed by atoms with E-state index in [4.69, 9.17) is 5.11 Å². The molecule has 0 unspecified atom stereocenters. The molecule has 4 nitrogen and oxygen atoms in total. The molecule has 0 amide bonds. The highest BCUT2D eigenvalue weighted by molar-refractivity contribution is 5.90. The fraction of sp³-hybridized carbons (Fsp3) is 0. The van der Waals surface area contributed by atoms with Crippen LogP contribution in [-0.4, -0.2) is 22.3 Å². The van der Waals surface area contributed by atoms with Gasteiger partial charge in [0, 0.05) is 23.7 Å². The summed E-state index contributed by atoms with van der Waals surface area (Å²) < 4.78 is 0. The van der Waals surface area contributed by atoms with Gasteiger partial charge in [-0.25, -0.2) is 4.79 Å². The predicted octanol–water partition coefficient (Wildman–Crippen LogP) is 3.11. The van der Waals surface area contributed by atoms with Gasteiger partial charge in [0.05, 0.1) is 11.3 Å². The predicted molar refractivity (Wildman–Crippen MR) is 77.8 cm³/mol. The Hall–Kier alpha value is -2.88. The normalized spacial score (nSPS) is 15.6. The number of benzene rings is 1. The van der Waals surface area contributed by atoms with Crippen LogP contribution in [0.4, 0.5) is 0 Å². The van der Waals surface area contributed by atoms with Crippen molar-refractivity contribution in [2.24, 2.45) is 4.99 Å². The standard InChI is InChI=1S/C16H12N2O2/c19-16(20)12-7-5-11(6-8-12)15(13-3-1-9-17-13)14-4-2-10-18-14/h1-10,17H,(H,19,20). The molecule has 0 saturated carbocycles. The molecule has 1 aromatic heterocycles. The molecule has 0 fully saturated rings. The van der Waals surface area contributed by atoms with Crippen molar-refractivity contribution in [2.45, 2.75) is 0 Å². The van der Waals surface area contributed by atoms with Gasteiger partial charge >= 0.3 is 5.97 Å². The summed E-state index contributed by atoms with van der Waals surface area (Å²) in [5, 5.41) is 8.96. The Labute approximate surface area is 115 Å². The third-order valence-corrected chi connectivity index (χ3v) is 3.10. The van der Waals surface area contributed by atoms with Crippen molar-refractivity contribution >= 4 is 17.8 Å². The monoisotopic (exact) mass is 264 g/mol. The van der Waals surface area contributed by atoms with Gasteiger partial charge in [0.25, 0.3) is 0 Å². The second kappa shape index (κ2) is 5.01. The first-order valence-corrected chi connectivity index (χ1v) is 6.18. The summed E-state index contributed by atoms with van der Waals surface area (Å²) in [5.41, 5.74) is 3.96. The van der Waals surface area contributed by atoms with Crippen molar-refractivity contribution in [1.82, 2.24) is 4.98 Å². The minimum absolute atomic E-state index is 0.273. The van der Waals surface area contributed by atoms with E-state index in [-0.39, 0.29) is 5.56 Å². The van der Waals surface area contributed by atoms with Gasteiger partial charge in [0.2, 0.25) is 0 Å². The minimum Gasteiger partial charge on any atom is -0.478 e. The second-order valence-electron chi connectivity index (χ2n) is 4.36. The number of allylic oxidation sites excluding steroid dienone is 2. The molecule has 0 aliphatic carbocycles. The molecule has 0 bridgehead atoms. The summed E-state index contributed by atoms with van der Waals surface area (Å²) >= 11 is 0. The van der Waals surface area contributed by atoms with Gasteiger partial charge in [-0.3, -0.25) is 4.99 Å². The van der Waals surface area contributed by atoms with Gasteiger partial charge in [0.15, 0.2) is 0 Å². The van der Waals surface area contributed by atoms with E-state index in [1.807, 2.05) is 30.5 Å². The molecule has 0 atom stereocenters. The number of nitrogens with zero attached hydrogens (tertiary/aromatic N) is 1. The molecular weight excluding hydrogens is 252 g/mol. The molecule has 98 valence electrons. The van der Waals surface area contributed by atoms with Crippen LogP contribution in [0.1, 0.15) is 21.6 Å². The quantitative estimate of drug-likeness (QED) is 0.894. The van der Waals surface area contributed by atoms with Crippen molar-refractivity contribution in [3.05, 3.63) is 77.3 Å². The first-order chi connectivity index (χ1) is 9.75. The molecule has 0 radical (unpaired) electrons. The van der Waals surface area contributed by atoms with Crippen LogP contribution in [0.25, 0.3) is 5.57 Å². The van der Waals surface area contributed by atoms with Crippen LogP contribution in [0.2, 0.25) is 0 Å². The number of carboxylic acid groups (broad SMARTS) is 1. The summed E-state index contributed by atoms with van der Waals surface area (Å²) in [7, 11) is 0. The van der Waals surface area contributed by atoms with E-state index in [1.165, 1.54) is 0 Å². The first-order valence-electron chi connectivity index (χ1n) is 6.18. The van der Waals surface area contributed by atoms with Crippen LogP contribution in [0.5, 0.6) is 0 Å². The van der Waals surface area contributed by atoms with Crippen LogP contribution in [0.15, 0.2) is 65.4 Å². The maximum Gasteiger partial charge on any atom is 0.335 e. The smallest absolute Gasteiger partial charge is 0.335 e. The molecule has 1 aliphatic rings. The van der Waals surface area contributed by atoms with Crippen LogP contribution in [-0.2, 0) is 0 Å². The molecule has 1 aliphatic heterocycles. The molecule has 2 aromatic rings. The number of carbonyl (C=O) groups is 1. The fourth-order valence-corrected chi connectivity index (χ4v) is 2.16. The van der Waals surface area contributed by atoms with E-state index in [9.17, 15) is 4.79 Å². The third-order valence-electron chi connectivity index (χ3n) is 3.10. The molecule has 0 spiro atoms. The number of aromatic nitrogens is 1. The number of rotatable bonds is 3. The van der Waals surface area contributed by atoms with Crippen LogP contribution in [0, 0.1) is 0 Å². The lowest BCUT2D eigenvalue weighted by Gasteiger charge is -2.08. The van der Waals surface area contributed by atoms with Gasteiger partial charge in [-0.1, -0.05) is 12.1 Å². The summed E-state index contributed by atoms with van der Waals surface area (Å²) in [6.45, 7) is 0. The van der Waals surface area contributed by atoms with Crippen LogP contribution < -0.4 is 0 Å². The topological polar surface area (TPSA) is 65.4 Å². The Kier molecular flexibility index (Phi) is 3.05. The molecule has 4 heteroatoms. The third kappa shape index (κ3) is 2.19. The first kappa shape index (κ1) is 12.2. The minimum atomic E-state index is -0.926. The number of aromatic amines is 1. The summed E-state index contributed by atoms with van der Waals surface area (Å²) in [5.74, 6) is -0.926. The Balaban J connectivity index is 2.12. The molecular formula is C16H12N2O2. The number of hydrogen-bond donors (Lipinski definition) is 2. The summed E-state index contributed by atoms with van der Waals surface area (Å²) in [6.07, 6.45) is 7.40. The van der Waals surface area contributed by atoms with Crippen molar-refractivity contribution in [3.8, 4) is 0 Å². The number of H-pyrrole nitrogens is 1. The average Bonchev–Trinajstić information content (AvgIpc) is 3.13. The van der Waals surface area contributed by atoms with Gasteiger partial charge in [-0.2, -0.15) is 0 Å². The number of carboxylic acids is 1. The Morgan fingerprint density at radius 1 is 1.10 bits per heavy atom. The Bertz CT molecular complexity index is 706. The second-order valence-corrected chi connectivity index (χ2v) is 4.36. The fourth-order valence-electron chi connectivity index (χ4n) is 2.16. The van der Waals surface area contributed by atoms with Gasteiger partial charge in [0.1, 0.15) is 0 Å². The number of nitrogens with one attached hydrogen (secondary N) is 1. The molecule has 1 aromatic carbocycles. The van der Waals surface area contributed by atoms with E-state index in [2.05, 4.69) is 9.98 Å². The van der Waals surface area contributed by atoms with Crippen molar-refractivity contribution < 1.29 is 9.90 Å². The van der Waals surface area contributed by atoms with Gasteiger partial charge in [-0.05, 0) is 42.0 Å². The zero-order chi connectivity index (χ0) is 13.9. The van der Waals surface area contributed by atoms with E-state index >= 15 is 0 Å². The number of aromatic carboxylic acids is 1. The van der Waals surface area contributed by atoms with E-state index in [0.717, 1.165) is 22.5 Å². The maximum atomic E-state index is 10.9. The molecule has 3 rings (SSSR count). The maximum absolute atomic E-state index is 10.9. The zero-order valence-electron chi connectivity index (χ0n) is 10.6. The SMILES string of the molecule is O=C(O)c1ccc(C(=C2C=CC=N2)c2ccc[nH]2)cc1.